The molecule has 11 atom stereocenters. The van der Waals surface area contributed by atoms with E-state index >= 15 is 0 Å². The quantitative estimate of drug-likeness (QED) is 0.230. The molecule has 4 nitrogen and oxygen atoms in total. The first-order valence-corrected chi connectivity index (χ1v) is 17.7. The highest BCUT2D eigenvalue weighted by molar-refractivity contribution is 5.91. The number of aliphatic hydroxyl groups excluding tert-OH is 1. The SMILES string of the molecule is C#C[C@]1(O)CC[C@H]2[C@@H]3CCC4=CC(=O)CC[C@@H]4[C@H]3C(=C)C[C@@]21CC.C[C@]12CC[C@@H]3c4ccc(O)cc4CC[C@H]3[C@@H]1CC[C@@H]2O. The summed E-state index contributed by atoms with van der Waals surface area (Å²) in [5.74, 6) is 7.62. The fraction of sp³-hybridized carbons (Fsp3) is 0.675. The number of aromatic hydroxyl groups is 1. The second-order valence-electron chi connectivity index (χ2n) is 16.0. The number of carbonyl (C=O) groups is 1. The third-order valence-electron chi connectivity index (χ3n) is 14.6. The molecular formula is C40H52O4. The molecule has 7 aliphatic rings. The maximum absolute atomic E-state index is 11.8. The molecule has 5 saturated carbocycles. The van der Waals surface area contributed by atoms with Gasteiger partial charge in [-0.15, -0.1) is 6.42 Å². The number of ketones is 1. The van der Waals surface area contributed by atoms with Crippen molar-refractivity contribution < 1.29 is 20.1 Å². The molecule has 0 unspecified atom stereocenters. The number of fused-ring (bicyclic) bond motifs is 10. The molecule has 3 N–H and O–H groups in total. The van der Waals surface area contributed by atoms with Gasteiger partial charge in [0.05, 0.1) is 6.10 Å². The minimum absolute atomic E-state index is 0.0883. The van der Waals surface area contributed by atoms with Crippen molar-refractivity contribution in [2.75, 3.05) is 0 Å². The van der Waals surface area contributed by atoms with Gasteiger partial charge in [0, 0.05) is 11.8 Å². The van der Waals surface area contributed by atoms with E-state index in [1.54, 1.807) is 0 Å². The van der Waals surface area contributed by atoms with E-state index in [0.717, 1.165) is 70.1 Å². The van der Waals surface area contributed by atoms with Gasteiger partial charge in [-0.3, -0.25) is 4.79 Å². The van der Waals surface area contributed by atoms with Gasteiger partial charge in [0.15, 0.2) is 5.78 Å². The molecule has 5 fully saturated rings. The van der Waals surface area contributed by atoms with Crippen molar-refractivity contribution in [2.24, 2.45) is 46.3 Å². The summed E-state index contributed by atoms with van der Waals surface area (Å²) in [7, 11) is 0. The molecule has 4 heteroatoms. The number of hydrogen-bond donors (Lipinski definition) is 3. The fourth-order valence-corrected chi connectivity index (χ4v) is 12.4. The minimum atomic E-state index is -0.973. The number of aryl methyl sites for hydroxylation is 1. The Kier molecular flexibility index (Phi) is 7.49. The number of aliphatic hydroxyl groups is 2. The van der Waals surface area contributed by atoms with Gasteiger partial charge in [-0.05, 0) is 160 Å². The Balaban J connectivity index is 0.000000144. The maximum Gasteiger partial charge on any atom is 0.155 e. The zero-order valence-corrected chi connectivity index (χ0v) is 26.9. The van der Waals surface area contributed by atoms with Gasteiger partial charge >= 0.3 is 0 Å². The average Bonchev–Trinajstić information content (AvgIpc) is 3.49. The van der Waals surface area contributed by atoms with Crippen LogP contribution in [0, 0.1) is 58.7 Å². The number of benzene rings is 1. The number of hydrogen-bond acceptors (Lipinski definition) is 4. The number of phenolic OH excluding ortho intramolecular Hbond substituents is 1. The summed E-state index contributed by atoms with van der Waals surface area (Å²) in [5, 5.41) is 31.2. The lowest BCUT2D eigenvalue weighted by molar-refractivity contribution is -0.116. The Bertz CT molecular complexity index is 1420. The van der Waals surface area contributed by atoms with Crippen molar-refractivity contribution in [3.8, 4) is 18.1 Å². The first kappa shape index (κ1) is 30.3. The summed E-state index contributed by atoms with van der Waals surface area (Å²) in [6.45, 7) is 8.97. The second-order valence-corrected chi connectivity index (χ2v) is 16.0. The van der Waals surface area contributed by atoms with Crippen molar-refractivity contribution in [3.05, 3.63) is 53.1 Å². The summed E-state index contributed by atoms with van der Waals surface area (Å²) in [4.78, 5) is 11.8. The number of carbonyl (C=O) groups excluding carboxylic acids is 1. The van der Waals surface area contributed by atoms with Gasteiger partial charge in [-0.25, -0.2) is 0 Å². The monoisotopic (exact) mass is 596 g/mol. The first-order valence-electron chi connectivity index (χ1n) is 17.7. The first-order chi connectivity index (χ1) is 21.0. The molecule has 7 aliphatic carbocycles. The van der Waals surface area contributed by atoms with Crippen molar-refractivity contribution in [3.63, 3.8) is 0 Å². The molecule has 0 saturated heterocycles. The number of rotatable bonds is 1. The summed E-state index contributed by atoms with van der Waals surface area (Å²) >= 11 is 0. The molecule has 236 valence electrons. The normalized spacial score (nSPS) is 45.2. The van der Waals surface area contributed by atoms with Gasteiger partial charge in [-0.1, -0.05) is 43.6 Å². The van der Waals surface area contributed by atoms with Crippen LogP contribution < -0.4 is 0 Å². The van der Waals surface area contributed by atoms with Crippen LogP contribution in [0.5, 0.6) is 5.75 Å². The van der Waals surface area contributed by atoms with Crippen molar-refractivity contribution in [2.45, 2.75) is 121 Å². The van der Waals surface area contributed by atoms with Crippen molar-refractivity contribution in [1.29, 1.82) is 0 Å². The van der Waals surface area contributed by atoms with Gasteiger partial charge in [0.2, 0.25) is 0 Å². The van der Waals surface area contributed by atoms with Crippen LogP contribution >= 0.6 is 0 Å². The van der Waals surface area contributed by atoms with Gasteiger partial charge in [0.1, 0.15) is 11.4 Å². The lowest BCUT2D eigenvalue weighted by Crippen LogP contribution is -2.54. The molecule has 0 amide bonds. The molecule has 0 aliphatic heterocycles. The fourth-order valence-electron chi connectivity index (χ4n) is 12.4. The lowest BCUT2D eigenvalue weighted by atomic mass is 9.48. The molecule has 0 spiro atoms. The predicted molar refractivity (Wildman–Crippen MR) is 174 cm³/mol. The summed E-state index contributed by atoms with van der Waals surface area (Å²) in [5.41, 5.74) is 4.47. The summed E-state index contributed by atoms with van der Waals surface area (Å²) in [6, 6.07) is 5.96. The van der Waals surface area contributed by atoms with E-state index in [1.165, 1.54) is 41.5 Å². The standard InChI is InChI=1S/C22H28O2.C18H24O2/c1-4-21-13-14(3)20-17-9-7-16(23)12-15(17)6-8-18(20)19(21)10-11-22(21,24)5-2;1-18-9-8-14-13-5-3-12(19)10-11(13)2-4-15(14)16(18)6-7-17(18)20/h2,12,17-20,24H,3-4,6-11,13H2,1H3;3,5,10,14-17,19-20H,2,4,6-9H2,1H3/t17-,18-,19-,20+,21-,22-;14-,15-,16+,17+,18+/m01/s1. The van der Waals surface area contributed by atoms with Crippen LogP contribution in [0.15, 0.2) is 42.0 Å². The smallest absolute Gasteiger partial charge is 0.155 e. The maximum atomic E-state index is 11.8. The molecule has 44 heavy (non-hydrogen) atoms. The van der Waals surface area contributed by atoms with Crippen LogP contribution in [0.1, 0.15) is 114 Å². The Labute approximate surface area is 264 Å². The van der Waals surface area contributed by atoms with E-state index in [4.69, 9.17) is 6.42 Å². The summed E-state index contributed by atoms with van der Waals surface area (Å²) in [6.07, 6.45) is 21.9. The van der Waals surface area contributed by atoms with E-state index in [9.17, 15) is 20.1 Å². The summed E-state index contributed by atoms with van der Waals surface area (Å²) < 4.78 is 0. The average molecular weight is 597 g/mol. The van der Waals surface area contributed by atoms with E-state index in [2.05, 4.69) is 32.4 Å². The van der Waals surface area contributed by atoms with Crippen LogP contribution in [0.25, 0.3) is 0 Å². The third-order valence-corrected chi connectivity index (χ3v) is 14.6. The molecular weight excluding hydrogens is 544 g/mol. The number of phenols is 1. The van der Waals surface area contributed by atoms with Crippen molar-refractivity contribution in [1.82, 2.24) is 0 Å². The zero-order chi connectivity index (χ0) is 31.0. The minimum Gasteiger partial charge on any atom is -0.508 e. The van der Waals surface area contributed by atoms with Crippen LogP contribution in [0.2, 0.25) is 0 Å². The number of terminal acetylenes is 1. The predicted octanol–water partition coefficient (Wildman–Crippen LogP) is 7.66. The molecule has 0 aromatic heterocycles. The number of allylic oxidation sites excluding steroid dienone is 2. The Morgan fingerprint density at radius 3 is 2.55 bits per heavy atom. The third kappa shape index (κ3) is 4.35. The Hall–Kier alpha value is -2.35. The Morgan fingerprint density at radius 1 is 0.977 bits per heavy atom. The van der Waals surface area contributed by atoms with Crippen LogP contribution in [0.3, 0.4) is 0 Å². The van der Waals surface area contributed by atoms with Gasteiger partial charge in [-0.2, -0.15) is 0 Å². The second kappa shape index (κ2) is 10.9. The van der Waals surface area contributed by atoms with Crippen LogP contribution in [-0.4, -0.2) is 32.8 Å². The lowest BCUT2D eigenvalue weighted by Gasteiger charge is -2.56. The van der Waals surface area contributed by atoms with Crippen molar-refractivity contribution >= 4 is 5.78 Å². The van der Waals surface area contributed by atoms with Crippen LogP contribution in [0.4, 0.5) is 0 Å². The topological polar surface area (TPSA) is 77.8 Å². The van der Waals surface area contributed by atoms with E-state index in [-0.39, 0.29) is 16.9 Å². The van der Waals surface area contributed by atoms with Gasteiger partial charge in [0.25, 0.3) is 0 Å². The largest absolute Gasteiger partial charge is 0.508 e. The highest BCUT2D eigenvalue weighted by Crippen LogP contribution is 2.67. The van der Waals surface area contributed by atoms with Gasteiger partial charge < -0.3 is 15.3 Å². The molecule has 8 rings (SSSR count). The molecule has 1 aromatic rings. The molecule has 0 bridgehead atoms. The molecule has 1 aromatic carbocycles. The highest BCUT2D eigenvalue weighted by Gasteiger charge is 2.64. The Morgan fingerprint density at radius 2 is 1.77 bits per heavy atom. The van der Waals surface area contributed by atoms with E-state index < -0.39 is 5.60 Å². The van der Waals surface area contributed by atoms with Crippen LogP contribution in [-0.2, 0) is 11.2 Å². The molecule has 0 radical (unpaired) electrons. The van der Waals surface area contributed by atoms with E-state index in [0.29, 0.717) is 53.5 Å². The molecule has 0 heterocycles. The van der Waals surface area contributed by atoms with E-state index in [1.807, 2.05) is 18.2 Å². The zero-order valence-electron chi connectivity index (χ0n) is 26.9. The highest BCUT2D eigenvalue weighted by atomic mass is 16.3.